The molecule has 1 aliphatic heterocycles. The summed E-state index contributed by atoms with van der Waals surface area (Å²) in [6, 6.07) is 13.9. The SMILES string of the molecule is C[C@H](NC(=O)CCc1ccccc1)c1nnc2n1CCN(Cc1cccc(F)c1F)CC2. The van der Waals surface area contributed by atoms with Gasteiger partial charge in [0.15, 0.2) is 17.5 Å². The van der Waals surface area contributed by atoms with Crippen LogP contribution in [0.25, 0.3) is 0 Å². The molecule has 1 aromatic heterocycles. The third-order valence-electron chi connectivity index (χ3n) is 5.82. The van der Waals surface area contributed by atoms with Crippen LogP contribution in [0.15, 0.2) is 48.5 Å². The number of nitrogens with zero attached hydrogens (tertiary/aromatic N) is 4. The number of carbonyl (C=O) groups is 1. The average molecular weight is 440 g/mol. The van der Waals surface area contributed by atoms with E-state index >= 15 is 0 Å². The maximum Gasteiger partial charge on any atom is 0.220 e. The minimum absolute atomic E-state index is 0.0319. The molecule has 0 spiro atoms. The van der Waals surface area contributed by atoms with Crippen LogP contribution in [0.5, 0.6) is 0 Å². The number of halogens is 2. The fourth-order valence-corrected chi connectivity index (χ4v) is 4.06. The molecule has 1 aliphatic rings. The minimum atomic E-state index is -0.825. The van der Waals surface area contributed by atoms with Crippen molar-refractivity contribution in [1.82, 2.24) is 25.0 Å². The van der Waals surface area contributed by atoms with Gasteiger partial charge in [-0.15, -0.1) is 10.2 Å². The van der Waals surface area contributed by atoms with Crippen LogP contribution in [-0.4, -0.2) is 38.7 Å². The van der Waals surface area contributed by atoms with Gasteiger partial charge < -0.3 is 9.88 Å². The van der Waals surface area contributed by atoms with Crippen molar-refractivity contribution in [3.63, 3.8) is 0 Å². The molecule has 1 N–H and O–H groups in total. The van der Waals surface area contributed by atoms with E-state index in [-0.39, 0.29) is 11.9 Å². The highest BCUT2D eigenvalue weighted by atomic mass is 19.2. The second-order valence-corrected chi connectivity index (χ2v) is 8.14. The number of benzene rings is 2. The number of rotatable bonds is 7. The highest BCUT2D eigenvalue weighted by molar-refractivity contribution is 5.76. The first-order chi connectivity index (χ1) is 15.5. The van der Waals surface area contributed by atoms with Crippen LogP contribution >= 0.6 is 0 Å². The molecule has 0 radical (unpaired) electrons. The molecule has 0 saturated carbocycles. The third kappa shape index (κ3) is 5.19. The number of aromatic nitrogens is 3. The van der Waals surface area contributed by atoms with E-state index < -0.39 is 11.6 Å². The topological polar surface area (TPSA) is 63.1 Å². The van der Waals surface area contributed by atoms with E-state index in [1.165, 1.54) is 6.07 Å². The zero-order chi connectivity index (χ0) is 22.5. The molecule has 0 unspecified atom stereocenters. The maximum atomic E-state index is 14.1. The molecule has 0 fully saturated rings. The van der Waals surface area contributed by atoms with Gasteiger partial charge in [0.1, 0.15) is 5.82 Å². The highest BCUT2D eigenvalue weighted by Crippen LogP contribution is 2.19. The van der Waals surface area contributed by atoms with Gasteiger partial charge in [0, 0.05) is 44.6 Å². The Kier molecular flexibility index (Phi) is 6.90. The molecule has 1 amide bonds. The van der Waals surface area contributed by atoms with E-state index in [1.807, 2.05) is 41.8 Å². The smallest absolute Gasteiger partial charge is 0.220 e. The molecule has 168 valence electrons. The molecule has 0 aliphatic carbocycles. The van der Waals surface area contributed by atoms with Gasteiger partial charge in [0.05, 0.1) is 6.04 Å². The van der Waals surface area contributed by atoms with Gasteiger partial charge in [0.2, 0.25) is 5.91 Å². The summed E-state index contributed by atoms with van der Waals surface area (Å²) < 4.78 is 29.6. The van der Waals surface area contributed by atoms with Gasteiger partial charge in [-0.25, -0.2) is 8.78 Å². The van der Waals surface area contributed by atoms with Crippen molar-refractivity contribution in [2.75, 3.05) is 13.1 Å². The number of hydrogen-bond donors (Lipinski definition) is 1. The van der Waals surface area contributed by atoms with Crippen molar-refractivity contribution < 1.29 is 13.6 Å². The van der Waals surface area contributed by atoms with Gasteiger partial charge in [0.25, 0.3) is 0 Å². The van der Waals surface area contributed by atoms with Gasteiger partial charge in [-0.2, -0.15) is 0 Å². The number of amides is 1. The standard InChI is InChI=1S/C24H27F2N5O/c1-17(27-22(32)11-10-18-6-3-2-4-7-18)24-29-28-21-12-13-30(14-15-31(21)24)16-19-8-5-9-20(25)23(19)26/h2-9,17H,10-16H2,1H3,(H,27,32)/t17-/m0/s1. The van der Waals surface area contributed by atoms with Crippen molar-refractivity contribution in [1.29, 1.82) is 0 Å². The Labute approximate surface area is 186 Å². The molecule has 0 bridgehead atoms. The molecule has 8 heteroatoms. The van der Waals surface area contributed by atoms with Crippen LogP contribution in [-0.2, 0) is 30.7 Å². The lowest BCUT2D eigenvalue weighted by molar-refractivity contribution is -0.121. The Hall–Kier alpha value is -3.13. The summed E-state index contributed by atoms with van der Waals surface area (Å²) >= 11 is 0. The molecule has 0 saturated heterocycles. The van der Waals surface area contributed by atoms with E-state index in [9.17, 15) is 13.6 Å². The van der Waals surface area contributed by atoms with Gasteiger partial charge in [-0.1, -0.05) is 42.5 Å². The molecule has 3 aromatic rings. The second kappa shape index (κ2) is 9.99. The number of carbonyl (C=O) groups excluding carboxylic acids is 1. The molecule has 1 atom stereocenters. The lowest BCUT2D eigenvalue weighted by Crippen LogP contribution is -2.30. The Balaban J connectivity index is 1.35. The third-order valence-corrected chi connectivity index (χ3v) is 5.82. The van der Waals surface area contributed by atoms with Crippen molar-refractivity contribution >= 4 is 5.91 Å². The van der Waals surface area contributed by atoms with Crippen LogP contribution in [0.2, 0.25) is 0 Å². The average Bonchev–Trinajstić information content (AvgIpc) is 3.10. The summed E-state index contributed by atoms with van der Waals surface area (Å²) in [6.07, 6.45) is 1.74. The predicted octanol–water partition coefficient (Wildman–Crippen LogP) is 3.42. The molecular formula is C24H27F2N5O. The number of fused-ring (bicyclic) bond motifs is 1. The first-order valence-corrected chi connectivity index (χ1v) is 10.9. The molecule has 32 heavy (non-hydrogen) atoms. The Morgan fingerprint density at radius 2 is 1.88 bits per heavy atom. The second-order valence-electron chi connectivity index (χ2n) is 8.14. The summed E-state index contributed by atoms with van der Waals surface area (Å²) in [6.45, 7) is 4.19. The largest absolute Gasteiger partial charge is 0.346 e. The normalized spacial score (nSPS) is 15.1. The summed E-state index contributed by atoms with van der Waals surface area (Å²) in [4.78, 5) is 14.5. The van der Waals surface area contributed by atoms with Crippen LogP contribution < -0.4 is 5.32 Å². The Morgan fingerprint density at radius 1 is 1.06 bits per heavy atom. The zero-order valence-electron chi connectivity index (χ0n) is 18.1. The fourth-order valence-electron chi connectivity index (χ4n) is 4.06. The van der Waals surface area contributed by atoms with Crippen molar-refractivity contribution in [3.8, 4) is 0 Å². The summed E-state index contributed by atoms with van der Waals surface area (Å²) in [5.41, 5.74) is 1.48. The first kappa shape index (κ1) is 22.1. The number of hydrogen-bond acceptors (Lipinski definition) is 4. The van der Waals surface area contributed by atoms with E-state index in [1.54, 1.807) is 6.07 Å². The van der Waals surface area contributed by atoms with Crippen LogP contribution in [0.1, 0.15) is 42.2 Å². The number of nitrogens with one attached hydrogen (secondary N) is 1. The van der Waals surface area contributed by atoms with Crippen molar-refractivity contribution in [2.45, 2.75) is 45.3 Å². The minimum Gasteiger partial charge on any atom is -0.346 e. The van der Waals surface area contributed by atoms with E-state index in [0.29, 0.717) is 56.8 Å². The quantitative estimate of drug-likeness (QED) is 0.613. The van der Waals surface area contributed by atoms with E-state index in [2.05, 4.69) is 20.4 Å². The molecular weight excluding hydrogens is 412 g/mol. The fraction of sp³-hybridized carbons (Fsp3) is 0.375. The predicted molar refractivity (Wildman–Crippen MR) is 117 cm³/mol. The monoisotopic (exact) mass is 439 g/mol. The van der Waals surface area contributed by atoms with Crippen LogP contribution in [0.3, 0.4) is 0 Å². The summed E-state index contributed by atoms with van der Waals surface area (Å²) in [7, 11) is 0. The van der Waals surface area contributed by atoms with Gasteiger partial charge in [-0.3, -0.25) is 9.69 Å². The Morgan fingerprint density at radius 3 is 2.69 bits per heavy atom. The van der Waals surface area contributed by atoms with Crippen LogP contribution in [0, 0.1) is 11.6 Å². The molecule has 4 rings (SSSR count). The summed E-state index contributed by atoms with van der Waals surface area (Å²) in [5, 5.41) is 11.6. The number of aryl methyl sites for hydroxylation is 1. The highest BCUT2D eigenvalue weighted by Gasteiger charge is 2.23. The lowest BCUT2D eigenvalue weighted by Gasteiger charge is -2.20. The van der Waals surface area contributed by atoms with Crippen molar-refractivity contribution in [2.24, 2.45) is 0 Å². The Bertz CT molecular complexity index is 1070. The molecule has 6 nitrogen and oxygen atoms in total. The van der Waals surface area contributed by atoms with Gasteiger partial charge >= 0.3 is 0 Å². The van der Waals surface area contributed by atoms with E-state index in [4.69, 9.17) is 0 Å². The lowest BCUT2D eigenvalue weighted by atomic mass is 10.1. The summed E-state index contributed by atoms with van der Waals surface area (Å²) in [5.74, 6) is -0.0905. The van der Waals surface area contributed by atoms with Gasteiger partial charge in [-0.05, 0) is 25.0 Å². The zero-order valence-corrected chi connectivity index (χ0v) is 18.1. The van der Waals surface area contributed by atoms with E-state index in [0.717, 1.165) is 17.5 Å². The maximum absolute atomic E-state index is 14.1. The molecule has 2 heterocycles. The van der Waals surface area contributed by atoms with Crippen molar-refractivity contribution in [3.05, 3.63) is 82.9 Å². The first-order valence-electron chi connectivity index (χ1n) is 10.9. The van der Waals surface area contributed by atoms with Crippen LogP contribution in [0.4, 0.5) is 8.78 Å². The molecule has 2 aromatic carbocycles.